The molecule has 1 aliphatic rings. The van der Waals surface area contributed by atoms with Crippen LogP contribution in [-0.4, -0.2) is 39.2 Å². The lowest BCUT2D eigenvalue weighted by atomic mass is 10.1. The van der Waals surface area contributed by atoms with Gasteiger partial charge in [0.15, 0.2) is 0 Å². The molecule has 0 unspecified atom stereocenters. The smallest absolute Gasteiger partial charge is 0.251 e. The molecule has 144 valence electrons. The van der Waals surface area contributed by atoms with Gasteiger partial charge in [-0.2, -0.15) is 0 Å². The maximum absolute atomic E-state index is 12.5. The van der Waals surface area contributed by atoms with Crippen molar-refractivity contribution in [3.05, 3.63) is 53.4 Å². The van der Waals surface area contributed by atoms with Gasteiger partial charge in [-0.3, -0.25) is 4.79 Å². The number of hydrogen-bond acceptors (Lipinski definition) is 7. The zero-order chi connectivity index (χ0) is 19.5. The number of nitrogens with one attached hydrogen (secondary N) is 1. The van der Waals surface area contributed by atoms with Crippen molar-refractivity contribution in [3.63, 3.8) is 0 Å². The number of aromatic nitrogens is 4. The van der Waals surface area contributed by atoms with Gasteiger partial charge in [0.25, 0.3) is 5.91 Å². The van der Waals surface area contributed by atoms with Crippen LogP contribution in [0.2, 0.25) is 0 Å². The second-order valence-corrected chi connectivity index (χ2v) is 6.87. The number of benzene rings is 1. The molecule has 3 aromatic rings. The third-order valence-corrected chi connectivity index (χ3v) is 4.62. The van der Waals surface area contributed by atoms with Gasteiger partial charge in [-0.15, -0.1) is 10.2 Å². The topological polar surface area (TPSA) is 97.0 Å². The van der Waals surface area contributed by atoms with Crippen LogP contribution in [0, 0.1) is 13.8 Å². The molecule has 1 fully saturated rings. The lowest BCUT2D eigenvalue weighted by Crippen LogP contribution is -2.23. The number of nitrogens with zero attached hydrogens (tertiary/aromatic N) is 5. The SMILES string of the molecule is Cc1cc(-c2cccc(C(=O)NCc3nnc(C)o3)c2)nc(N2CCCC2)n1. The molecule has 8 heteroatoms. The summed E-state index contributed by atoms with van der Waals surface area (Å²) in [6.45, 7) is 5.84. The van der Waals surface area contributed by atoms with Crippen molar-refractivity contribution in [1.82, 2.24) is 25.5 Å². The van der Waals surface area contributed by atoms with Crippen molar-refractivity contribution in [1.29, 1.82) is 0 Å². The molecule has 1 saturated heterocycles. The van der Waals surface area contributed by atoms with Crippen LogP contribution in [0.15, 0.2) is 34.7 Å². The summed E-state index contributed by atoms with van der Waals surface area (Å²) in [5, 5.41) is 10.4. The van der Waals surface area contributed by atoms with Crippen LogP contribution in [0.1, 0.15) is 40.7 Å². The Hall–Kier alpha value is -3.29. The molecule has 0 saturated carbocycles. The standard InChI is InChI=1S/C20H22N6O2/c1-13-10-17(23-20(22-13)26-8-3-4-9-26)15-6-5-7-16(11-15)19(27)21-12-18-25-24-14(2)28-18/h5-7,10-11H,3-4,8-9,12H2,1-2H3,(H,21,27). The summed E-state index contributed by atoms with van der Waals surface area (Å²) in [6.07, 6.45) is 2.34. The van der Waals surface area contributed by atoms with Crippen molar-refractivity contribution in [3.8, 4) is 11.3 Å². The maximum atomic E-state index is 12.5. The van der Waals surface area contributed by atoms with Gasteiger partial charge in [-0.05, 0) is 38.0 Å². The zero-order valence-electron chi connectivity index (χ0n) is 16.0. The molecular weight excluding hydrogens is 356 g/mol. The molecule has 4 rings (SSSR count). The number of amides is 1. The van der Waals surface area contributed by atoms with Crippen LogP contribution in [0.5, 0.6) is 0 Å². The first-order chi connectivity index (χ1) is 13.6. The lowest BCUT2D eigenvalue weighted by Gasteiger charge is -2.16. The summed E-state index contributed by atoms with van der Waals surface area (Å²) < 4.78 is 5.28. The Morgan fingerprint density at radius 3 is 2.71 bits per heavy atom. The minimum Gasteiger partial charge on any atom is -0.424 e. The van der Waals surface area contributed by atoms with E-state index in [4.69, 9.17) is 9.40 Å². The van der Waals surface area contributed by atoms with Crippen LogP contribution in [0.4, 0.5) is 5.95 Å². The summed E-state index contributed by atoms with van der Waals surface area (Å²) in [7, 11) is 0. The fourth-order valence-electron chi connectivity index (χ4n) is 3.25. The van der Waals surface area contributed by atoms with E-state index >= 15 is 0 Å². The van der Waals surface area contributed by atoms with Crippen LogP contribution in [0.3, 0.4) is 0 Å². The fourth-order valence-corrected chi connectivity index (χ4v) is 3.25. The van der Waals surface area contributed by atoms with E-state index in [1.54, 1.807) is 13.0 Å². The second-order valence-electron chi connectivity index (χ2n) is 6.87. The Kier molecular flexibility index (Phi) is 5.01. The first kappa shape index (κ1) is 18.1. The van der Waals surface area contributed by atoms with Crippen molar-refractivity contribution >= 4 is 11.9 Å². The number of hydrogen-bond donors (Lipinski definition) is 1. The van der Waals surface area contributed by atoms with E-state index in [-0.39, 0.29) is 12.5 Å². The molecule has 3 heterocycles. The third kappa shape index (κ3) is 4.00. The Morgan fingerprint density at radius 2 is 1.96 bits per heavy atom. The highest BCUT2D eigenvalue weighted by Crippen LogP contribution is 2.23. The summed E-state index contributed by atoms with van der Waals surface area (Å²) in [6, 6.07) is 9.36. The second kappa shape index (κ2) is 7.75. The Labute approximate surface area is 163 Å². The number of carbonyl (C=O) groups is 1. The van der Waals surface area contributed by atoms with E-state index in [9.17, 15) is 4.79 Å². The van der Waals surface area contributed by atoms with Crippen LogP contribution in [-0.2, 0) is 6.54 Å². The molecule has 1 aromatic carbocycles. The number of carbonyl (C=O) groups excluding carboxylic acids is 1. The summed E-state index contributed by atoms with van der Waals surface area (Å²) >= 11 is 0. The molecule has 0 radical (unpaired) electrons. The van der Waals surface area contributed by atoms with Gasteiger partial charge in [0, 0.05) is 36.8 Å². The van der Waals surface area contributed by atoms with Crippen LogP contribution >= 0.6 is 0 Å². The van der Waals surface area contributed by atoms with Gasteiger partial charge in [-0.25, -0.2) is 9.97 Å². The highest BCUT2D eigenvalue weighted by Gasteiger charge is 2.17. The van der Waals surface area contributed by atoms with E-state index in [0.29, 0.717) is 17.3 Å². The number of rotatable bonds is 5. The van der Waals surface area contributed by atoms with E-state index in [1.165, 1.54) is 12.8 Å². The number of anilines is 1. The van der Waals surface area contributed by atoms with Gasteiger partial charge in [0.05, 0.1) is 12.2 Å². The Bertz CT molecular complexity index is 994. The molecule has 1 amide bonds. The quantitative estimate of drug-likeness (QED) is 0.729. The summed E-state index contributed by atoms with van der Waals surface area (Å²) in [5.41, 5.74) is 3.16. The molecule has 1 aliphatic heterocycles. The van der Waals surface area contributed by atoms with Crippen LogP contribution < -0.4 is 10.2 Å². The van der Waals surface area contributed by atoms with Crippen LogP contribution in [0.25, 0.3) is 11.3 Å². The van der Waals surface area contributed by atoms with Gasteiger partial charge < -0.3 is 14.6 Å². The third-order valence-electron chi connectivity index (χ3n) is 4.62. The van der Waals surface area contributed by atoms with Crippen molar-refractivity contribution < 1.29 is 9.21 Å². The first-order valence-electron chi connectivity index (χ1n) is 9.37. The first-order valence-corrected chi connectivity index (χ1v) is 9.37. The number of aryl methyl sites for hydroxylation is 2. The summed E-state index contributed by atoms with van der Waals surface area (Å²) in [4.78, 5) is 24.0. The predicted molar refractivity (Wildman–Crippen MR) is 104 cm³/mol. The van der Waals surface area contributed by atoms with Crippen molar-refractivity contribution in [2.24, 2.45) is 0 Å². The average Bonchev–Trinajstić information content (AvgIpc) is 3.37. The molecule has 28 heavy (non-hydrogen) atoms. The molecule has 1 N–H and O–H groups in total. The Morgan fingerprint density at radius 1 is 1.14 bits per heavy atom. The minimum absolute atomic E-state index is 0.190. The minimum atomic E-state index is -0.205. The molecular formula is C20H22N6O2. The molecule has 8 nitrogen and oxygen atoms in total. The molecule has 0 bridgehead atoms. The maximum Gasteiger partial charge on any atom is 0.251 e. The molecule has 0 spiro atoms. The van der Waals surface area contributed by atoms with Gasteiger partial charge in [0.1, 0.15) is 0 Å². The zero-order valence-corrected chi connectivity index (χ0v) is 16.0. The monoisotopic (exact) mass is 378 g/mol. The normalized spacial score (nSPS) is 13.7. The van der Waals surface area contributed by atoms with Gasteiger partial charge in [0.2, 0.25) is 17.7 Å². The van der Waals surface area contributed by atoms with Gasteiger partial charge >= 0.3 is 0 Å². The average molecular weight is 378 g/mol. The van der Waals surface area contributed by atoms with E-state index in [0.717, 1.165) is 36.0 Å². The predicted octanol–water partition coefficient (Wildman–Crippen LogP) is 2.67. The Balaban J connectivity index is 1.54. The fraction of sp³-hybridized carbons (Fsp3) is 0.350. The molecule has 2 aromatic heterocycles. The molecule has 0 atom stereocenters. The van der Waals surface area contributed by atoms with Gasteiger partial charge in [-0.1, -0.05) is 12.1 Å². The van der Waals surface area contributed by atoms with E-state index < -0.39 is 0 Å². The van der Waals surface area contributed by atoms with E-state index in [2.05, 4.69) is 25.4 Å². The largest absolute Gasteiger partial charge is 0.424 e. The lowest BCUT2D eigenvalue weighted by molar-refractivity contribution is 0.0947. The highest BCUT2D eigenvalue weighted by molar-refractivity contribution is 5.95. The van der Waals surface area contributed by atoms with Crippen molar-refractivity contribution in [2.75, 3.05) is 18.0 Å². The van der Waals surface area contributed by atoms with E-state index in [1.807, 2.05) is 31.2 Å². The highest BCUT2D eigenvalue weighted by atomic mass is 16.4. The van der Waals surface area contributed by atoms with Crippen molar-refractivity contribution in [2.45, 2.75) is 33.2 Å². The molecule has 0 aliphatic carbocycles. The summed E-state index contributed by atoms with van der Waals surface area (Å²) in [5.74, 6) is 1.40.